The molecular formula is C29H39ClN2O4. The Morgan fingerprint density at radius 3 is 2.42 bits per heavy atom. The van der Waals surface area contributed by atoms with Gasteiger partial charge in [0, 0.05) is 24.0 Å². The van der Waals surface area contributed by atoms with Crippen LogP contribution in [0.15, 0.2) is 42.5 Å². The number of halogens is 1. The first-order chi connectivity index (χ1) is 17.4. The molecule has 3 rings (SSSR count). The lowest BCUT2D eigenvalue weighted by Gasteiger charge is -2.31. The normalized spacial score (nSPS) is 14.7. The van der Waals surface area contributed by atoms with Crippen molar-refractivity contribution in [2.24, 2.45) is 0 Å². The highest BCUT2D eigenvalue weighted by atomic mass is 35.5. The maximum absolute atomic E-state index is 13.5. The molecule has 0 unspecified atom stereocenters. The van der Waals surface area contributed by atoms with Gasteiger partial charge in [-0.1, -0.05) is 49.1 Å². The SMILES string of the molecule is CCOc1ccc(CCC(=O)N(Cc2cccc(Cl)c2)[C@@H](C)C(=O)NC2CCCCC2)cc1OCC. The fourth-order valence-electron chi connectivity index (χ4n) is 4.63. The molecule has 36 heavy (non-hydrogen) atoms. The summed E-state index contributed by atoms with van der Waals surface area (Å²) in [4.78, 5) is 28.3. The number of ether oxygens (including phenoxy) is 2. The van der Waals surface area contributed by atoms with Crippen molar-refractivity contribution in [2.45, 2.75) is 84.3 Å². The van der Waals surface area contributed by atoms with Gasteiger partial charge in [0.1, 0.15) is 6.04 Å². The molecule has 0 spiro atoms. The van der Waals surface area contributed by atoms with Crippen LogP contribution in [0.3, 0.4) is 0 Å². The molecule has 2 aromatic rings. The van der Waals surface area contributed by atoms with Crippen LogP contribution in [0.1, 0.15) is 70.4 Å². The van der Waals surface area contributed by atoms with E-state index in [2.05, 4.69) is 5.32 Å². The van der Waals surface area contributed by atoms with Crippen molar-refractivity contribution >= 4 is 23.4 Å². The van der Waals surface area contributed by atoms with Crippen LogP contribution in [0.4, 0.5) is 0 Å². The molecule has 2 aromatic carbocycles. The Labute approximate surface area is 220 Å². The Balaban J connectivity index is 1.72. The first-order valence-electron chi connectivity index (χ1n) is 13.1. The molecule has 0 bridgehead atoms. The maximum Gasteiger partial charge on any atom is 0.242 e. The van der Waals surface area contributed by atoms with Crippen LogP contribution in [0.2, 0.25) is 5.02 Å². The molecule has 0 saturated heterocycles. The minimum atomic E-state index is -0.585. The predicted octanol–water partition coefficient (Wildman–Crippen LogP) is 5.94. The fraction of sp³-hybridized carbons (Fsp3) is 0.517. The first kappa shape index (κ1) is 27.9. The summed E-state index contributed by atoms with van der Waals surface area (Å²) in [6.07, 6.45) is 6.31. The van der Waals surface area contributed by atoms with E-state index in [4.69, 9.17) is 21.1 Å². The molecule has 1 N–H and O–H groups in total. The summed E-state index contributed by atoms with van der Waals surface area (Å²) in [5.41, 5.74) is 1.88. The van der Waals surface area contributed by atoms with Gasteiger partial charge in [0.25, 0.3) is 0 Å². The van der Waals surface area contributed by atoms with Crippen molar-refractivity contribution in [1.82, 2.24) is 10.2 Å². The number of nitrogens with zero attached hydrogens (tertiary/aromatic N) is 1. The maximum atomic E-state index is 13.5. The third-order valence-electron chi connectivity index (χ3n) is 6.60. The highest BCUT2D eigenvalue weighted by Crippen LogP contribution is 2.29. The largest absolute Gasteiger partial charge is 0.490 e. The topological polar surface area (TPSA) is 67.9 Å². The minimum Gasteiger partial charge on any atom is -0.490 e. The molecule has 1 saturated carbocycles. The van der Waals surface area contributed by atoms with Crippen molar-refractivity contribution in [3.63, 3.8) is 0 Å². The zero-order valence-electron chi connectivity index (χ0n) is 21.7. The van der Waals surface area contributed by atoms with Gasteiger partial charge in [-0.3, -0.25) is 9.59 Å². The molecule has 196 valence electrons. The average Bonchev–Trinajstić information content (AvgIpc) is 2.87. The molecule has 0 heterocycles. The lowest BCUT2D eigenvalue weighted by molar-refractivity contribution is -0.141. The third-order valence-corrected chi connectivity index (χ3v) is 6.83. The molecular weight excluding hydrogens is 476 g/mol. The molecule has 6 nitrogen and oxygen atoms in total. The van der Waals surface area contributed by atoms with Gasteiger partial charge in [0.15, 0.2) is 11.5 Å². The van der Waals surface area contributed by atoms with E-state index in [-0.39, 0.29) is 24.3 Å². The highest BCUT2D eigenvalue weighted by Gasteiger charge is 2.28. The van der Waals surface area contributed by atoms with Crippen LogP contribution < -0.4 is 14.8 Å². The summed E-state index contributed by atoms with van der Waals surface area (Å²) >= 11 is 6.19. The van der Waals surface area contributed by atoms with E-state index in [1.165, 1.54) is 6.42 Å². The smallest absolute Gasteiger partial charge is 0.242 e. The van der Waals surface area contributed by atoms with E-state index in [9.17, 15) is 9.59 Å². The van der Waals surface area contributed by atoms with E-state index in [1.807, 2.05) is 57.2 Å². The minimum absolute atomic E-state index is 0.0758. The van der Waals surface area contributed by atoms with Gasteiger partial charge in [-0.05, 0) is 75.4 Å². The molecule has 1 fully saturated rings. The van der Waals surface area contributed by atoms with Crippen molar-refractivity contribution in [2.75, 3.05) is 13.2 Å². The van der Waals surface area contributed by atoms with Crippen LogP contribution in [0, 0.1) is 0 Å². The first-order valence-corrected chi connectivity index (χ1v) is 13.5. The Morgan fingerprint density at radius 2 is 1.72 bits per heavy atom. The molecule has 1 atom stereocenters. The monoisotopic (exact) mass is 514 g/mol. The van der Waals surface area contributed by atoms with Gasteiger partial charge in [0.05, 0.1) is 13.2 Å². The van der Waals surface area contributed by atoms with E-state index >= 15 is 0 Å². The molecule has 0 aromatic heterocycles. The van der Waals surface area contributed by atoms with E-state index < -0.39 is 6.04 Å². The lowest BCUT2D eigenvalue weighted by atomic mass is 9.95. The van der Waals surface area contributed by atoms with Gasteiger partial charge < -0.3 is 19.7 Å². The second-order valence-electron chi connectivity index (χ2n) is 9.32. The Kier molecular flexibility index (Phi) is 10.9. The molecule has 2 amide bonds. The number of carbonyl (C=O) groups excluding carboxylic acids is 2. The Morgan fingerprint density at radius 1 is 1.00 bits per heavy atom. The standard InChI is InChI=1S/C29H39ClN2O4/c1-4-35-26-16-14-22(19-27(26)36-5-2)15-17-28(33)32(20-23-10-9-11-24(30)18-23)21(3)29(34)31-25-12-7-6-8-13-25/h9-11,14,16,18-19,21,25H,4-8,12-13,15,17,20H2,1-3H3,(H,31,34)/t21-/m0/s1. The zero-order valence-corrected chi connectivity index (χ0v) is 22.5. The number of aryl methyl sites for hydroxylation is 1. The van der Waals surface area contributed by atoms with Crippen molar-refractivity contribution in [1.29, 1.82) is 0 Å². The van der Waals surface area contributed by atoms with Crippen molar-refractivity contribution < 1.29 is 19.1 Å². The number of nitrogens with one attached hydrogen (secondary N) is 1. The van der Waals surface area contributed by atoms with Crippen LogP contribution in [0.5, 0.6) is 11.5 Å². The van der Waals surface area contributed by atoms with Gasteiger partial charge in [0.2, 0.25) is 11.8 Å². The third kappa shape index (κ3) is 8.16. The predicted molar refractivity (Wildman–Crippen MR) is 144 cm³/mol. The fourth-order valence-corrected chi connectivity index (χ4v) is 4.84. The zero-order chi connectivity index (χ0) is 25.9. The number of rotatable bonds is 12. The summed E-state index contributed by atoms with van der Waals surface area (Å²) in [5.74, 6) is 1.20. The summed E-state index contributed by atoms with van der Waals surface area (Å²) in [6.45, 7) is 7.08. The highest BCUT2D eigenvalue weighted by molar-refractivity contribution is 6.30. The number of carbonyl (C=O) groups is 2. The number of amides is 2. The second kappa shape index (κ2) is 14.1. The summed E-state index contributed by atoms with van der Waals surface area (Å²) in [6, 6.07) is 12.8. The van der Waals surface area contributed by atoms with E-state index in [0.717, 1.165) is 36.8 Å². The average molecular weight is 515 g/mol. The van der Waals surface area contributed by atoms with Crippen molar-refractivity contribution in [3.05, 3.63) is 58.6 Å². The van der Waals surface area contributed by atoms with Gasteiger partial charge >= 0.3 is 0 Å². The number of benzene rings is 2. The summed E-state index contributed by atoms with van der Waals surface area (Å²) < 4.78 is 11.4. The summed E-state index contributed by atoms with van der Waals surface area (Å²) in [5, 5.41) is 3.78. The lowest BCUT2D eigenvalue weighted by Crippen LogP contribution is -2.50. The number of hydrogen-bond acceptors (Lipinski definition) is 4. The van der Waals surface area contributed by atoms with Gasteiger partial charge in [-0.15, -0.1) is 0 Å². The Bertz CT molecular complexity index is 1010. The quantitative estimate of drug-likeness (QED) is 0.381. The van der Waals surface area contributed by atoms with Crippen molar-refractivity contribution in [3.8, 4) is 11.5 Å². The van der Waals surface area contributed by atoms with E-state index in [1.54, 1.807) is 11.0 Å². The van der Waals surface area contributed by atoms with Gasteiger partial charge in [-0.25, -0.2) is 0 Å². The van der Waals surface area contributed by atoms with Crippen LogP contribution >= 0.6 is 11.6 Å². The van der Waals surface area contributed by atoms with Crippen LogP contribution in [-0.2, 0) is 22.6 Å². The van der Waals surface area contributed by atoms with Crippen LogP contribution in [-0.4, -0.2) is 42.0 Å². The summed E-state index contributed by atoms with van der Waals surface area (Å²) in [7, 11) is 0. The van der Waals surface area contributed by atoms with Gasteiger partial charge in [-0.2, -0.15) is 0 Å². The molecule has 0 radical (unpaired) electrons. The molecule has 1 aliphatic carbocycles. The molecule has 0 aliphatic heterocycles. The Hall–Kier alpha value is -2.73. The van der Waals surface area contributed by atoms with E-state index in [0.29, 0.717) is 42.7 Å². The molecule has 7 heteroatoms. The van der Waals surface area contributed by atoms with Crippen LogP contribution in [0.25, 0.3) is 0 Å². The number of hydrogen-bond donors (Lipinski definition) is 1. The second-order valence-corrected chi connectivity index (χ2v) is 9.75. The molecule has 1 aliphatic rings.